The summed E-state index contributed by atoms with van der Waals surface area (Å²) in [5.74, 6) is -1.05. The Bertz CT molecular complexity index is 759. The van der Waals surface area contributed by atoms with Crippen LogP contribution in [-0.2, 0) is 9.59 Å². The number of halogens is 1. The number of ether oxygens (including phenoxy) is 1. The van der Waals surface area contributed by atoms with Gasteiger partial charge < -0.3 is 20.0 Å². The number of rotatable bonds is 7. The number of hydrogen-bond donors (Lipinski definition) is 1. The van der Waals surface area contributed by atoms with Crippen LogP contribution < -0.4 is 15.2 Å². The zero-order valence-corrected chi connectivity index (χ0v) is 14.8. The highest BCUT2D eigenvalue weighted by Gasteiger charge is 2.16. The lowest BCUT2D eigenvalue weighted by molar-refractivity contribution is -0.306. The smallest absolute Gasteiger partial charge is 0.258 e. The van der Waals surface area contributed by atoms with Crippen LogP contribution in [0.1, 0.15) is 29.2 Å². The van der Waals surface area contributed by atoms with Crippen molar-refractivity contribution in [2.75, 3.05) is 6.61 Å². The SMILES string of the molecule is Cc1ccc(C)c(OCC(=O)N[C@@H](CC(=O)[O-])c2ccc(Cl)cc2)c1. The topological polar surface area (TPSA) is 78.5 Å². The average molecular weight is 361 g/mol. The van der Waals surface area contributed by atoms with Crippen molar-refractivity contribution in [3.8, 4) is 5.75 Å². The van der Waals surface area contributed by atoms with Crippen LogP contribution in [0.4, 0.5) is 0 Å². The normalized spacial score (nSPS) is 11.6. The van der Waals surface area contributed by atoms with Crippen LogP contribution in [0.25, 0.3) is 0 Å². The number of hydrogen-bond acceptors (Lipinski definition) is 4. The van der Waals surface area contributed by atoms with E-state index in [-0.39, 0.29) is 13.0 Å². The van der Waals surface area contributed by atoms with Gasteiger partial charge in [0.1, 0.15) is 5.75 Å². The van der Waals surface area contributed by atoms with E-state index in [1.54, 1.807) is 24.3 Å². The highest BCUT2D eigenvalue weighted by molar-refractivity contribution is 6.30. The minimum atomic E-state index is -1.25. The molecule has 0 saturated carbocycles. The third-order valence-corrected chi connectivity index (χ3v) is 3.93. The van der Waals surface area contributed by atoms with E-state index in [9.17, 15) is 14.7 Å². The highest BCUT2D eigenvalue weighted by Crippen LogP contribution is 2.21. The number of nitrogens with one attached hydrogen (secondary N) is 1. The molecule has 0 bridgehead atoms. The summed E-state index contributed by atoms with van der Waals surface area (Å²) in [6.45, 7) is 3.61. The van der Waals surface area contributed by atoms with E-state index in [2.05, 4.69) is 5.32 Å². The van der Waals surface area contributed by atoms with Crippen molar-refractivity contribution in [3.63, 3.8) is 0 Å². The zero-order valence-electron chi connectivity index (χ0n) is 14.0. The molecule has 2 aromatic carbocycles. The molecule has 0 radical (unpaired) electrons. The van der Waals surface area contributed by atoms with Crippen molar-refractivity contribution in [1.82, 2.24) is 5.32 Å². The monoisotopic (exact) mass is 360 g/mol. The summed E-state index contributed by atoms with van der Waals surface area (Å²) in [6.07, 6.45) is -0.336. The van der Waals surface area contributed by atoms with Gasteiger partial charge in [-0.2, -0.15) is 0 Å². The van der Waals surface area contributed by atoms with Crippen LogP contribution in [0.15, 0.2) is 42.5 Å². The molecule has 0 unspecified atom stereocenters. The second kappa shape index (κ2) is 8.53. The number of benzene rings is 2. The molecular weight excluding hydrogens is 342 g/mol. The molecule has 25 heavy (non-hydrogen) atoms. The fourth-order valence-corrected chi connectivity index (χ4v) is 2.48. The summed E-state index contributed by atoms with van der Waals surface area (Å²) in [4.78, 5) is 23.1. The first-order chi connectivity index (χ1) is 11.8. The van der Waals surface area contributed by atoms with E-state index in [1.807, 2.05) is 32.0 Å². The van der Waals surface area contributed by atoms with Gasteiger partial charge in [-0.05, 0) is 48.7 Å². The Kier molecular flexibility index (Phi) is 6.42. The maximum atomic E-state index is 12.2. The maximum absolute atomic E-state index is 12.2. The van der Waals surface area contributed by atoms with Crippen molar-refractivity contribution in [3.05, 3.63) is 64.2 Å². The number of carbonyl (C=O) groups is 2. The fraction of sp³-hybridized carbons (Fsp3) is 0.263. The Morgan fingerprint density at radius 2 is 1.84 bits per heavy atom. The number of carboxylic acid groups (broad SMARTS) is 1. The van der Waals surface area contributed by atoms with E-state index >= 15 is 0 Å². The highest BCUT2D eigenvalue weighted by atomic mass is 35.5. The van der Waals surface area contributed by atoms with Crippen LogP contribution in [-0.4, -0.2) is 18.5 Å². The number of aliphatic carboxylic acids is 1. The predicted octanol–water partition coefficient (Wildman–Crippen LogP) is 2.33. The average Bonchev–Trinajstić information content (AvgIpc) is 2.55. The third kappa shape index (κ3) is 5.80. The van der Waals surface area contributed by atoms with E-state index in [1.165, 1.54) is 0 Å². The summed E-state index contributed by atoms with van der Waals surface area (Å²) in [5, 5.41) is 14.2. The molecule has 6 heteroatoms. The second-order valence-corrected chi connectivity index (χ2v) is 6.24. The lowest BCUT2D eigenvalue weighted by atomic mass is 10.0. The molecule has 2 rings (SSSR count). The fourth-order valence-electron chi connectivity index (χ4n) is 2.36. The molecule has 5 nitrogen and oxygen atoms in total. The molecular formula is C19H19ClNO4-. The lowest BCUT2D eigenvalue weighted by Gasteiger charge is -2.20. The molecule has 1 atom stereocenters. The van der Waals surface area contributed by atoms with E-state index in [0.717, 1.165) is 11.1 Å². The van der Waals surface area contributed by atoms with Crippen molar-refractivity contribution < 1.29 is 19.4 Å². The molecule has 0 aliphatic rings. The van der Waals surface area contributed by atoms with Gasteiger partial charge in [0, 0.05) is 17.4 Å². The summed E-state index contributed by atoms with van der Waals surface area (Å²) in [5.41, 5.74) is 2.58. The Labute approximate surface area is 151 Å². The first kappa shape index (κ1) is 18.8. The van der Waals surface area contributed by atoms with E-state index < -0.39 is 17.9 Å². The van der Waals surface area contributed by atoms with Crippen LogP contribution >= 0.6 is 11.6 Å². The first-order valence-corrected chi connectivity index (χ1v) is 8.17. The van der Waals surface area contributed by atoms with Crippen molar-refractivity contribution in [2.24, 2.45) is 0 Å². The van der Waals surface area contributed by atoms with Crippen LogP contribution in [0.3, 0.4) is 0 Å². The Hall–Kier alpha value is -2.53. The number of amides is 1. The second-order valence-electron chi connectivity index (χ2n) is 5.81. The molecule has 0 aromatic heterocycles. The number of aryl methyl sites for hydroxylation is 2. The van der Waals surface area contributed by atoms with Crippen molar-refractivity contribution >= 4 is 23.5 Å². The van der Waals surface area contributed by atoms with Gasteiger partial charge in [0.15, 0.2) is 6.61 Å². The van der Waals surface area contributed by atoms with Gasteiger partial charge in [-0.3, -0.25) is 4.79 Å². The molecule has 0 saturated heterocycles. The third-order valence-electron chi connectivity index (χ3n) is 3.68. The molecule has 0 spiro atoms. The molecule has 2 aromatic rings. The van der Waals surface area contributed by atoms with Crippen molar-refractivity contribution in [2.45, 2.75) is 26.3 Å². The van der Waals surface area contributed by atoms with Gasteiger partial charge in [0.05, 0.1) is 6.04 Å². The van der Waals surface area contributed by atoms with Gasteiger partial charge in [0.25, 0.3) is 5.91 Å². The summed E-state index contributed by atoms with van der Waals surface area (Å²) in [6, 6.07) is 11.6. The van der Waals surface area contributed by atoms with Crippen LogP contribution in [0.5, 0.6) is 5.75 Å². The first-order valence-electron chi connectivity index (χ1n) is 7.80. The number of carbonyl (C=O) groups excluding carboxylic acids is 2. The Morgan fingerprint density at radius 3 is 2.48 bits per heavy atom. The van der Waals surface area contributed by atoms with Crippen LogP contribution in [0.2, 0.25) is 5.02 Å². The van der Waals surface area contributed by atoms with Gasteiger partial charge in [-0.25, -0.2) is 0 Å². The van der Waals surface area contributed by atoms with Crippen molar-refractivity contribution in [1.29, 1.82) is 0 Å². The molecule has 0 heterocycles. The Balaban J connectivity index is 2.02. The van der Waals surface area contributed by atoms with Crippen LogP contribution in [0, 0.1) is 13.8 Å². The molecule has 132 valence electrons. The van der Waals surface area contributed by atoms with Gasteiger partial charge in [0.2, 0.25) is 0 Å². The molecule has 1 N–H and O–H groups in total. The Morgan fingerprint density at radius 1 is 1.16 bits per heavy atom. The summed E-state index contributed by atoms with van der Waals surface area (Å²) in [7, 11) is 0. The van der Waals surface area contributed by atoms with Gasteiger partial charge >= 0.3 is 0 Å². The summed E-state index contributed by atoms with van der Waals surface area (Å²) >= 11 is 5.84. The van der Waals surface area contributed by atoms with Gasteiger partial charge in [-0.15, -0.1) is 0 Å². The van der Waals surface area contributed by atoms with E-state index in [0.29, 0.717) is 16.3 Å². The minimum absolute atomic E-state index is 0.207. The largest absolute Gasteiger partial charge is 0.550 e. The van der Waals surface area contributed by atoms with Gasteiger partial charge in [-0.1, -0.05) is 35.9 Å². The summed E-state index contributed by atoms with van der Waals surface area (Å²) < 4.78 is 5.54. The number of carboxylic acids is 1. The molecule has 1 amide bonds. The standard InChI is InChI=1S/C19H20ClNO4/c1-12-3-4-13(2)17(9-12)25-11-18(22)21-16(10-19(23)24)14-5-7-15(20)8-6-14/h3-9,16H,10-11H2,1-2H3,(H,21,22)(H,23,24)/p-1/t16-/m0/s1. The van der Waals surface area contributed by atoms with E-state index in [4.69, 9.17) is 16.3 Å². The predicted molar refractivity (Wildman–Crippen MR) is 93.4 cm³/mol. The quantitative estimate of drug-likeness (QED) is 0.822. The zero-order chi connectivity index (χ0) is 18.4. The minimum Gasteiger partial charge on any atom is -0.550 e. The maximum Gasteiger partial charge on any atom is 0.258 e. The molecule has 0 fully saturated rings. The lowest BCUT2D eigenvalue weighted by Crippen LogP contribution is -2.36. The molecule has 0 aliphatic carbocycles. The molecule has 0 aliphatic heterocycles.